The number of rotatable bonds is 4. The van der Waals surface area contributed by atoms with Gasteiger partial charge in [0.2, 0.25) is 0 Å². The van der Waals surface area contributed by atoms with Crippen molar-refractivity contribution in [2.75, 3.05) is 7.11 Å². The number of carboxylic acid groups (broad SMARTS) is 1. The first-order chi connectivity index (χ1) is 8.44. The molecule has 0 saturated carbocycles. The quantitative estimate of drug-likeness (QED) is 0.873. The second kappa shape index (κ2) is 4.37. The minimum Gasteiger partial charge on any atom is -0.497 e. The molecule has 1 heterocycles. The van der Waals surface area contributed by atoms with E-state index < -0.39 is 11.4 Å². The molecule has 0 saturated heterocycles. The molecule has 0 spiro atoms. The van der Waals surface area contributed by atoms with Crippen molar-refractivity contribution in [1.82, 2.24) is 4.98 Å². The molecule has 4 heteroatoms. The zero-order valence-electron chi connectivity index (χ0n) is 10.8. The monoisotopic (exact) mass is 247 g/mol. The third kappa shape index (κ3) is 2.18. The Hall–Kier alpha value is -1.97. The third-order valence-corrected chi connectivity index (χ3v) is 3.19. The van der Waals surface area contributed by atoms with Crippen LogP contribution in [0.25, 0.3) is 10.9 Å². The predicted molar refractivity (Wildman–Crippen MR) is 70.0 cm³/mol. The van der Waals surface area contributed by atoms with Crippen LogP contribution in [0.15, 0.2) is 24.4 Å². The van der Waals surface area contributed by atoms with Crippen LogP contribution in [0.5, 0.6) is 5.75 Å². The Bertz CT molecular complexity index is 584. The van der Waals surface area contributed by atoms with E-state index in [-0.39, 0.29) is 0 Å². The van der Waals surface area contributed by atoms with Gasteiger partial charge in [0.15, 0.2) is 0 Å². The molecule has 0 bridgehead atoms. The van der Waals surface area contributed by atoms with Crippen LogP contribution in [0.3, 0.4) is 0 Å². The molecule has 4 nitrogen and oxygen atoms in total. The number of nitrogens with one attached hydrogen (secondary N) is 1. The van der Waals surface area contributed by atoms with E-state index in [0.717, 1.165) is 22.2 Å². The molecule has 0 aliphatic carbocycles. The van der Waals surface area contributed by atoms with Crippen molar-refractivity contribution in [3.05, 3.63) is 30.0 Å². The Kier molecular flexibility index (Phi) is 3.03. The van der Waals surface area contributed by atoms with Crippen LogP contribution in [-0.2, 0) is 11.2 Å². The van der Waals surface area contributed by atoms with E-state index in [1.807, 2.05) is 24.4 Å². The number of aromatic amines is 1. The van der Waals surface area contributed by atoms with Gasteiger partial charge in [-0.05, 0) is 38.0 Å². The summed E-state index contributed by atoms with van der Waals surface area (Å²) in [4.78, 5) is 14.3. The van der Waals surface area contributed by atoms with Crippen molar-refractivity contribution >= 4 is 16.9 Å². The number of methoxy groups -OCH3 is 1. The van der Waals surface area contributed by atoms with E-state index in [0.29, 0.717) is 6.42 Å². The van der Waals surface area contributed by atoms with Gasteiger partial charge < -0.3 is 14.8 Å². The maximum Gasteiger partial charge on any atom is 0.309 e. The lowest BCUT2D eigenvalue weighted by molar-refractivity contribution is -0.146. The Labute approximate surface area is 106 Å². The maximum atomic E-state index is 11.2. The van der Waals surface area contributed by atoms with Gasteiger partial charge in [-0.1, -0.05) is 0 Å². The number of carbonyl (C=O) groups is 1. The molecule has 0 amide bonds. The SMILES string of the molecule is COc1ccc2c(CC(C)(C)C(=O)O)c[nH]c2c1. The summed E-state index contributed by atoms with van der Waals surface area (Å²) in [5, 5.41) is 10.2. The molecular weight excluding hydrogens is 230 g/mol. The van der Waals surface area contributed by atoms with Gasteiger partial charge in [0.1, 0.15) is 5.75 Å². The minimum absolute atomic E-state index is 0.495. The fourth-order valence-corrected chi connectivity index (χ4v) is 1.99. The van der Waals surface area contributed by atoms with Crippen molar-refractivity contribution in [3.8, 4) is 5.75 Å². The molecule has 1 aromatic heterocycles. The van der Waals surface area contributed by atoms with Gasteiger partial charge >= 0.3 is 5.97 Å². The number of benzene rings is 1. The van der Waals surface area contributed by atoms with Crippen molar-refractivity contribution in [2.24, 2.45) is 5.41 Å². The highest BCUT2D eigenvalue weighted by Crippen LogP contribution is 2.29. The van der Waals surface area contributed by atoms with E-state index >= 15 is 0 Å². The van der Waals surface area contributed by atoms with E-state index in [1.54, 1.807) is 21.0 Å². The molecule has 0 aliphatic rings. The molecule has 2 N–H and O–H groups in total. The van der Waals surface area contributed by atoms with Gasteiger partial charge in [-0.3, -0.25) is 4.79 Å². The summed E-state index contributed by atoms with van der Waals surface area (Å²) in [5.41, 5.74) is 1.21. The zero-order valence-corrected chi connectivity index (χ0v) is 10.8. The van der Waals surface area contributed by atoms with Crippen LogP contribution in [0.4, 0.5) is 0 Å². The van der Waals surface area contributed by atoms with Crippen LogP contribution in [0.1, 0.15) is 19.4 Å². The van der Waals surface area contributed by atoms with E-state index in [2.05, 4.69) is 4.98 Å². The van der Waals surface area contributed by atoms with Gasteiger partial charge in [-0.25, -0.2) is 0 Å². The second-order valence-electron chi connectivity index (χ2n) is 5.09. The van der Waals surface area contributed by atoms with Crippen molar-refractivity contribution < 1.29 is 14.6 Å². The molecule has 18 heavy (non-hydrogen) atoms. The molecule has 2 rings (SSSR count). The highest BCUT2D eigenvalue weighted by atomic mass is 16.5. The summed E-state index contributed by atoms with van der Waals surface area (Å²) in [6.07, 6.45) is 2.36. The average molecular weight is 247 g/mol. The molecule has 2 aromatic rings. The first-order valence-electron chi connectivity index (χ1n) is 5.81. The Morgan fingerprint density at radius 2 is 2.17 bits per heavy atom. The van der Waals surface area contributed by atoms with Gasteiger partial charge in [0.25, 0.3) is 0 Å². The topological polar surface area (TPSA) is 62.3 Å². The van der Waals surface area contributed by atoms with Crippen LogP contribution in [-0.4, -0.2) is 23.2 Å². The second-order valence-corrected chi connectivity index (χ2v) is 5.09. The van der Waals surface area contributed by atoms with Crippen molar-refractivity contribution in [1.29, 1.82) is 0 Å². The Balaban J connectivity index is 2.38. The van der Waals surface area contributed by atoms with Gasteiger partial charge in [0, 0.05) is 23.2 Å². The molecule has 0 unspecified atom stereocenters. The molecule has 0 fully saturated rings. The van der Waals surface area contributed by atoms with Gasteiger partial charge in [0.05, 0.1) is 12.5 Å². The highest BCUT2D eigenvalue weighted by molar-refractivity contribution is 5.85. The standard InChI is InChI=1S/C14H17NO3/c1-14(2,13(16)17)7-9-8-15-12-6-10(18-3)4-5-11(9)12/h4-6,8,15H,7H2,1-3H3,(H,16,17). The molecule has 0 aliphatic heterocycles. The molecule has 1 aromatic carbocycles. The molecule has 0 radical (unpaired) electrons. The van der Waals surface area contributed by atoms with Crippen LogP contribution >= 0.6 is 0 Å². The smallest absolute Gasteiger partial charge is 0.309 e. The molecule has 96 valence electrons. The Morgan fingerprint density at radius 1 is 1.44 bits per heavy atom. The summed E-state index contributed by atoms with van der Waals surface area (Å²) in [7, 11) is 1.62. The van der Waals surface area contributed by atoms with Gasteiger partial charge in [-0.15, -0.1) is 0 Å². The number of H-pyrrole nitrogens is 1. The number of carboxylic acids is 1. The van der Waals surface area contributed by atoms with Crippen LogP contribution < -0.4 is 4.74 Å². The number of aromatic nitrogens is 1. The lowest BCUT2D eigenvalue weighted by Crippen LogP contribution is -2.26. The summed E-state index contributed by atoms with van der Waals surface area (Å²) >= 11 is 0. The van der Waals surface area contributed by atoms with Crippen molar-refractivity contribution in [3.63, 3.8) is 0 Å². The zero-order chi connectivity index (χ0) is 13.3. The lowest BCUT2D eigenvalue weighted by Gasteiger charge is -2.18. The minimum atomic E-state index is -0.787. The van der Waals surface area contributed by atoms with Crippen LogP contribution in [0.2, 0.25) is 0 Å². The fraction of sp³-hybridized carbons (Fsp3) is 0.357. The van der Waals surface area contributed by atoms with E-state index in [4.69, 9.17) is 9.84 Å². The van der Waals surface area contributed by atoms with E-state index in [9.17, 15) is 4.79 Å². The largest absolute Gasteiger partial charge is 0.497 e. The summed E-state index contributed by atoms with van der Waals surface area (Å²) in [6, 6.07) is 5.75. The fourth-order valence-electron chi connectivity index (χ4n) is 1.99. The van der Waals surface area contributed by atoms with Crippen LogP contribution in [0, 0.1) is 5.41 Å². The number of fused-ring (bicyclic) bond motifs is 1. The molecular formula is C14H17NO3. The number of hydrogen-bond acceptors (Lipinski definition) is 2. The first kappa shape index (κ1) is 12.5. The Morgan fingerprint density at radius 3 is 2.78 bits per heavy atom. The number of ether oxygens (including phenoxy) is 1. The van der Waals surface area contributed by atoms with Crippen molar-refractivity contribution in [2.45, 2.75) is 20.3 Å². The van der Waals surface area contributed by atoms with Gasteiger partial charge in [-0.2, -0.15) is 0 Å². The van der Waals surface area contributed by atoms with E-state index in [1.165, 1.54) is 0 Å². The maximum absolute atomic E-state index is 11.2. The normalized spacial score (nSPS) is 11.7. The summed E-state index contributed by atoms with van der Waals surface area (Å²) in [6.45, 7) is 3.47. The lowest BCUT2D eigenvalue weighted by atomic mass is 9.86. The number of aliphatic carboxylic acids is 1. The summed E-state index contributed by atoms with van der Waals surface area (Å²) < 4.78 is 5.16. The third-order valence-electron chi connectivity index (χ3n) is 3.19. The predicted octanol–water partition coefficient (Wildman–Crippen LogP) is 2.83. The summed E-state index contributed by atoms with van der Waals surface area (Å²) in [5.74, 6) is -0.00115. The first-order valence-corrected chi connectivity index (χ1v) is 5.81. The molecule has 0 atom stereocenters. The average Bonchev–Trinajstić information content (AvgIpc) is 2.71. The highest BCUT2D eigenvalue weighted by Gasteiger charge is 2.28. The number of hydrogen-bond donors (Lipinski definition) is 2.